The van der Waals surface area contributed by atoms with Gasteiger partial charge in [-0.3, -0.25) is 0 Å². The fourth-order valence-electron chi connectivity index (χ4n) is 2.38. The lowest BCUT2D eigenvalue weighted by Gasteiger charge is -2.28. The Kier molecular flexibility index (Phi) is 3.43. The van der Waals surface area contributed by atoms with Crippen molar-refractivity contribution in [3.05, 3.63) is 35.4 Å². The summed E-state index contributed by atoms with van der Waals surface area (Å²) in [5.74, 6) is 0.712. The number of rotatable bonds is 1. The minimum atomic E-state index is -4.25. The third-order valence-corrected chi connectivity index (χ3v) is 3.26. The quantitative estimate of drug-likeness (QED) is 0.797. The van der Waals surface area contributed by atoms with Gasteiger partial charge in [-0.15, -0.1) is 0 Å². The molecule has 1 fully saturated rings. The maximum Gasteiger partial charge on any atom is 0.416 e. The molecular formula is C13H16F3N. The zero-order valence-corrected chi connectivity index (χ0v) is 9.72. The van der Waals surface area contributed by atoms with Gasteiger partial charge in [0, 0.05) is 6.54 Å². The molecule has 1 aliphatic heterocycles. The Bertz CT molecular complexity index is 386. The van der Waals surface area contributed by atoms with Gasteiger partial charge in [0.1, 0.15) is 0 Å². The largest absolute Gasteiger partial charge is 0.416 e. The van der Waals surface area contributed by atoms with Gasteiger partial charge in [-0.05, 0) is 36.4 Å². The van der Waals surface area contributed by atoms with E-state index in [1.807, 2.05) is 0 Å². The van der Waals surface area contributed by atoms with Crippen LogP contribution in [0, 0.1) is 5.92 Å². The summed E-state index contributed by atoms with van der Waals surface area (Å²) in [7, 11) is 0. The van der Waals surface area contributed by atoms with E-state index in [-0.39, 0.29) is 5.92 Å². The summed E-state index contributed by atoms with van der Waals surface area (Å²) in [6.07, 6.45) is -3.29. The molecule has 0 aliphatic carbocycles. The predicted molar refractivity (Wildman–Crippen MR) is 60.8 cm³/mol. The highest BCUT2D eigenvalue weighted by molar-refractivity contribution is 5.29. The van der Waals surface area contributed by atoms with Crippen molar-refractivity contribution < 1.29 is 13.2 Å². The van der Waals surface area contributed by atoms with Gasteiger partial charge in [-0.1, -0.05) is 25.1 Å². The second-order valence-corrected chi connectivity index (χ2v) is 4.82. The molecule has 1 aromatic rings. The maximum absolute atomic E-state index is 12.6. The highest BCUT2D eigenvalue weighted by Gasteiger charge is 2.31. The van der Waals surface area contributed by atoms with Crippen molar-refractivity contribution in [1.82, 2.24) is 5.32 Å². The molecule has 94 valence electrons. The van der Waals surface area contributed by atoms with E-state index < -0.39 is 11.7 Å². The number of nitrogens with one attached hydrogen (secondary N) is 1. The Labute approximate surface area is 99.0 Å². The summed E-state index contributed by atoms with van der Waals surface area (Å²) >= 11 is 0. The minimum absolute atomic E-state index is 0.195. The van der Waals surface area contributed by atoms with E-state index in [2.05, 4.69) is 12.2 Å². The Morgan fingerprint density at radius 3 is 2.65 bits per heavy atom. The molecule has 1 saturated heterocycles. The molecule has 1 aromatic carbocycles. The van der Waals surface area contributed by atoms with E-state index in [1.165, 1.54) is 12.1 Å². The second-order valence-electron chi connectivity index (χ2n) is 4.82. The van der Waals surface area contributed by atoms with Gasteiger partial charge < -0.3 is 5.32 Å². The molecule has 1 nitrogen and oxygen atoms in total. The molecule has 0 saturated carbocycles. The van der Waals surface area contributed by atoms with E-state index in [4.69, 9.17) is 0 Å². The summed E-state index contributed by atoms with van der Waals surface area (Å²) in [6.45, 7) is 3.84. The van der Waals surface area contributed by atoms with Gasteiger partial charge in [0.2, 0.25) is 0 Å². The predicted octanol–water partition coefficient (Wildman–Crippen LogP) is 3.42. The van der Waals surface area contributed by atoms with Crippen molar-refractivity contribution in [1.29, 1.82) is 0 Å². The van der Waals surface area contributed by atoms with Crippen LogP contribution in [0.4, 0.5) is 13.2 Å². The Morgan fingerprint density at radius 1 is 1.24 bits per heavy atom. The summed E-state index contributed by atoms with van der Waals surface area (Å²) < 4.78 is 37.8. The molecule has 0 bridgehead atoms. The highest BCUT2D eigenvalue weighted by Crippen LogP contribution is 2.33. The molecule has 2 atom stereocenters. The van der Waals surface area contributed by atoms with Crippen LogP contribution in [0.1, 0.15) is 30.4 Å². The van der Waals surface area contributed by atoms with E-state index in [9.17, 15) is 13.2 Å². The molecule has 0 spiro atoms. The summed E-state index contributed by atoms with van der Waals surface area (Å²) in [6, 6.07) is 5.70. The van der Waals surface area contributed by atoms with Crippen molar-refractivity contribution in [2.45, 2.75) is 25.4 Å². The van der Waals surface area contributed by atoms with E-state index in [0.717, 1.165) is 31.1 Å². The molecule has 17 heavy (non-hydrogen) atoms. The first-order valence-electron chi connectivity index (χ1n) is 5.84. The van der Waals surface area contributed by atoms with Crippen molar-refractivity contribution in [3.8, 4) is 0 Å². The standard InChI is InChI=1S/C13H16F3N/c1-9-5-11(8-17-7-9)10-3-2-4-12(6-10)13(14,15)16/h2-4,6,9,11,17H,5,7-8H2,1H3. The molecule has 0 radical (unpaired) electrons. The number of benzene rings is 1. The fraction of sp³-hybridized carbons (Fsp3) is 0.538. The number of piperidine rings is 1. The smallest absolute Gasteiger partial charge is 0.316 e. The van der Waals surface area contributed by atoms with Gasteiger partial charge in [-0.2, -0.15) is 13.2 Å². The summed E-state index contributed by atoms with van der Waals surface area (Å²) in [5, 5.41) is 3.26. The summed E-state index contributed by atoms with van der Waals surface area (Å²) in [5.41, 5.74) is 0.243. The van der Waals surface area contributed by atoms with Crippen LogP contribution < -0.4 is 5.32 Å². The highest BCUT2D eigenvalue weighted by atomic mass is 19.4. The molecule has 0 aromatic heterocycles. The first-order chi connectivity index (χ1) is 7.97. The lowest BCUT2D eigenvalue weighted by Crippen LogP contribution is -2.33. The Hall–Kier alpha value is -1.03. The van der Waals surface area contributed by atoms with Gasteiger partial charge >= 0.3 is 6.18 Å². The van der Waals surface area contributed by atoms with Gasteiger partial charge in [0.25, 0.3) is 0 Å². The molecule has 1 heterocycles. The molecule has 1 aliphatic rings. The second kappa shape index (κ2) is 4.69. The lowest BCUT2D eigenvalue weighted by atomic mass is 9.86. The first kappa shape index (κ1) is 12.4. The molecule has 1 N–H and O–H groups in total. The fourth-order valence-corrected chi connectivity index (χ4v) is 2.38. The third-order valence-electron chi connectivity index (χ3n) is 3.26. The monoisotopic (exact) mass is 243 g/mol. The van der Waals surface area contributed by atoms with E-state index >= 15 is 0 Å². The number of alkyl halides is 3. The van der Waals surface area contributed by atoms with Crippen LogP contribution in [0.5, 0.6) is 0 Å². The van der Waals surface area contributed by atoms with Gasteiger partial charge in [-0.25, -0.2) is 0 Å². The topological polar surface area (TPSA) is 12.0 Å². The molecule has 0 amide bonds. The minimum Gasteiger partial charge on any atom is -0.316 e. The van der Waals surface area contributed by atoms with Crippen LogP contribution in [0.25, 0.3) is 0 Å². The normalized spacial score (nSPS) is 25.9. The average molecular weight is 243 g/mol. The zero-order chi connectivity index (χ0) is 12.5. The Morgan fingerprint density at radius 2 is 2.00 bits per heavy atom. The van der Waals surface area contributed by atoms with Crippen molar-refractivity contribution >= 4 is 0 Å². The van der Waals surface area contributed by atoms with Gasteiger partial charge in [0.15, 0.2) is 0 Å². The summed E-state index contributed by atoms with van der Waals surface area (Å²) in [4.78, 5) is 0. The average Bonchev–Trinajstić information content (AvgIpc) is 2.28. The molecular weight excluding hydrogens is 227 g/mol. The first-order valence-corrected chi connectivity index (χ1v) is 5.84. The maximum atomic E-state index is 12.6. The SMILES string of the molecule is CC1CNCC(c2cccc(C(F)(F)F)c2)C1. The number of hydrogen-bond acceptors (Lipinski definition) is 1. The lowest BCUT2D eigenvalue weighted by molar-refractivity contribution is -0.137. The van der Waals surface area contributed by atoms with E-state index in [0.29, 0.717) is 5.92 Å². The number of hydrogen-bond donors (Lipinski definition) is 1. The third kappa shape index (κ3) is 3.00. The Balaban J connectivity index is 2.21. The van der Waals surface area contributed by atoms with Crippen LogP contribution in [-0.2, 0) is 6.18 Å². The number of halogens is 3. The van der Waals surface area contributed by atoms with Crippen LogP contribution in [0.2, 0.25) is 0 Å². The van der Waals surface area contributed by atoms with Crippen LogP contribution >= 0.6 is 0 Å². The molecule has 4 heteroatoms. The van der Waals surface area contributed by atoms with Gasteiger partial charge in [0.05, 0.1) is 5.56 Å². The van der Waals surface area contributed by atoms with Crippen LogP contribution in [0.3, 0.4) is 0 Å². The van der Waals surface area contributed by atoms with Crippen LogP contribution in [-0.4, -0.2) is 13.1 Å². The zero-order valence-electron chi connectivity index (χ0n) is 9.72. The van der Waals surface area contributed by atoms with Crippen molar-refractivity contribution in [2.24, 2.45) is 5.92 Å². The van der Waals surface area contributed by atoms with Crippen molar-refractivity contribution in [3.63, 3.8) is 0 Å². The van der Waals surface area contributed by atoms with E-state index in [1.54, 1.807) is 6.07 Å². The van der Waals surface area contributed by atoms with Crippen molar-refractivity contribution in [2.75, 3.05) is 13.1 Å². The van der Waals surface area contributed by atoms with Crippen LogP contribution in [0.15, 0.2) is 24.3 Å². The molecule has 2 unspecified atom stereocenters. The molecule has 2 rings (SSSR count).